The van der Waals surface area contributed by atoms with E-state index in [-0.39, 0.29) is 24.3 Å². The molecule has 8 heteroatoms. The van der Waals surface area contributed by atoms with E-state index < -0.39 is 23.9 Å². The third-order valence-corrected chi connectivity index (χ3v) is 5.57. The Morgan fingerprint density at radius 3 is 1.18 bits per heavy atom. The Morgan fingerprint density at radius 1 is 0.550 bits per heavy atom. The predicted octanol–water partition coefficient (Wildman–Crippen LogP) is 5.45. The molecule has 0 unspecified atom stereocenters. The van der Waals surface area contributed by atoms with Crippen LogP contribution in [0.25, 0.3) is 0 Å². The van der Waals surface area contributed by atoms with E-state index in [0.29, 0.717) is 35.5 Å². The van der Waals surface area contributed by atoms with E-state index in [1.807, 2.05) is 0 Å². The van der Waals surface area contributed by atoms with Gasteiger partial charge in [0.2, 0.25) is 0 Å². The Morgan fingerprint density at radius 2 is 0.875 bits per heavy atom. The second-order valence-electron chi connectivity index (χ2n) is 8.98. The van der Waals surface area contributed by atoms with Crippen molar-refractivity contribution in [3.63, 3.8) is 0 Å². The summed E-state index contributed by atoms with van der Waals surface area (Å²) in [7, 11) is 0. The van der Waals surface area contributed by atoms with E-state index in [0.717, 1.165) is 11.1 Å². The van der Waals surface area contributed by atoms with Gasteiger partial charge in [0.15, 0.2) is 0 Å². The van der Waals surface area contributed by atoms with Crippen LogP contribution in [-0.4, -0.2) is 37.1 Å². The van der Waals surface area contributed by atoms with Crippen LogP contribution in [0.2, 0.25) is 0 Å². The molecule has 0 radical (unpaired) electrons. The maximum absolute atomic E-state index is 12.5. The molecule has 0 aliphatic rings. The summed E-state index contributed by atoms with van der Waals surface area (Å²) in [5.41, 5.74) is 3.05. The van der Waals surface area contributed by atoms with Crippen molar-refractivity contribution in [1.29, 1.82) is 0 Å². The Labute approximate surface area is 232 Å². The van der Waals surface area contributed by atoms with Crippen LogP contribution >= 0.6 is 0 Å². The SMILES string of the molecule is C=C(C)C(=O)OCCc1ccc(OC(=O)c2ccc(C(=O)Oc3ccc(CCOC(=O)C(=C)C)cc3)cc2)cc1. The molecule has 0 atom stereocenters. The Hall–Kier alpha value is -4.98. The summed E-state index contributed by atoms with van der Waals surface area (Å²) in [6, 6.07) is 19.7. The van der Waals surface area contributed by atoms with Gasteiger partial charge in [-0.3, -0.25) is 0 Å². The van der Waals surface area contributed by atoms with Crippen molar-refractivity contribution < 1.29 is 38.1 Å². The van der Waals surface area contributed by atoms with E-state index in [2.05, 4.69) is 13.2 Å². The molecule has 0 saturated carbocycles. The van der Waals surface area contributed by atoms with Crippen LogP contribution in [0.1, 0.15) is 45.7 Å². The summed E-state index contributed by atoms with van der Waals surface area (Å²) >= 11 is 0. The lowest BCUT2D eigenvalue weighted by Crippen LogP contribution is -2.11. The van der Waals surface area contributed by atoms with Crippen LogP contribution in [0.3, 0.4) is 0 Å². The molecular formula is C32H30O8. The van der Waals surface area contributed by atoms with Gasteiger partial charge in [0.1, 0.15) is 11.5 Å². The molecule has 0 aromatic heterocycles. The van der Waals surface area contributed by atoms with Crippen molar-refractivity contribution in [2.75, 3.05) is 13.2 Å². The Kier molecular flexibility index (Phi) is 10.5. The number of hydrogen-bond donors (Lipinski definition) is 0. The summed E-state index contributed by atoms with van der Waals surface area (Å²) in [5.74, 6) is -1.31. The van der Waals surface area contributed by atoms with Crippen molar-refractivity contribution in [3.05, 3.63) is 119 Å². The lowest BCUT2D eigenvalue weighted by atomic mass is 10.1. The standard InChI is InChI=1S/C32H30O8/c1-21(2)29(33)37-19-17-23-5-13-27(14-6-23)39-31(35)25-9-11-26(12-10-25)32(36)40-28-15-7-24(8-16-28)18-20-38-30(34)22(3)4/h5-16H,1,3,17-20H2,2,4H3. The van der Waals surface area contributed by atoms with Gasteiger partial charge >= 0.3 is 23.9 Å². The second-order valence-corrected chi connectivity index (χ2v) is 8.98. The van der Waals surface area contributed by atoms with Crippen molar-refractivity contribution >= 4 is 23.9 Å². The van der Waals surface area contributed by atoms with Crippen LogP contribution in [0.5, 0.6) is 11.5 Å². The molecule has 40 heavy (non-hydrogen) atoms. The molecule has 0 heterocycles. The molecule has 8 nitrogen and oxygen atoms in total. The Bertz CT molecular complexity index is 1280. The molecular weight excluding hydrogens is 512 g/mol. The maximum Gasteiger partial charge on any atom is 0.343 e. The summed E-state index contributed by atoms with van der Waals surface area (Å²) in [4.78, 5) is 47.9. The molecule has 0 spiro atoms. The molecule has 0 N–H and O–H groups in total. The van der Waals surface area contributed by atoms with Crippen LogP contribution in [0, 0.1) is 0 Å². The molecule has 0 fully saturated rings. The summed E-state index contributed by atoms with van der Waals surface area (Å²) in [6.07, 6.45) is 1.03. The first-order valence-electron chi connectivity index (χ1n) is 12.5. The third kappa shape index (κ3) is 9.09. The van der Waals surface area contributed by atoms with Crippen LogP contribution in [0.4, 0.5) is 0 Å². The highest BCUT2D eigenvalue weighted by molar-refractivity contribution is 5.95. The number of benzene rings is 3. The first-order chi connectivity index (χ1) is 19.1. The van der Waals surface area contributed by atoms with Gasteiger partial charge in [-0.05, 0) is 73.5 Å². The van der Waals surface area contributed by atoms with E-state index in [9.17, 15) is 19.2 Å². The zero-order chi connectivity index (χ0) is 29.1. The number of rotatable bonds is 12. The fourth-order valence-electron chi connectivity index (χ4n) is 3.29. The molecule has 3 aromatic carbocycles. The van der Waals surface area contributed by atoms with Gasteiger partial charge in [0.25, 0.3) is 0 Å². The summed E-state index contributed by atoms with van der Waals surface area (Å²) in [5, 5.41) is 0. The van der Waals surface area contributed by atoms with Gasteiger partial charge < -0.3 is 18.9 Å². The normalized spacial score (nSPS) is 10.2. The highest BCUT2D eigenvalue weighted by atomic mass is 16.5. The third-order valence-electron chi connectivity index (χ3n) is 5.57. The molecule has 0 amide bonds. The molecule has 0 saturated heterocycles. The minimum absolute atomic E-state index is 0.222. The number of carbonyl (C=O) groups is 4. The van der Waals surface area contributed by atoms with Gasteiger partial charge in [0.05, 0.1) is 24.3 Å². The fourth-order valence-corrected chi connectivity index (χ4v) is 3.29. The minimum atomic E-state index is -0.576. The highest BCUT2D eigenvalue weighted by Crippen LogP contribution is 2.18. The first kappa shape index (κ1) is 29.6. The lowest BCUT2D eigenvalue weighted by Gasteiger charge is -2.08. The topological polar surface area (TPSA) is 105 Å². The molecule has 3 aromatic rings. The summed E-state index contributed by atoms with van der Waals surface area (Å²) in [6.45, 7) is 10.7. The second kappa shape index (κ2) is 14.2. The van der Waals surface area contributed by atoms with Crippen molar-refractivity contribution in [2.45, 2.75) is 26.7 Å². The zero-order valence-electron chi connectivity index (χ0n) is 22.4. The quantitative estimate of drug-likeness (QED) is 0.169. The Balaban J connectivity index is 1.47. The van der Waals surface area contributed by atoms with Gasteiger partial charge in [-0.15, -0.1) is 0 Å². The number of carbonyl (C=O) groups excluding carboxylic acids is 4. The predicted molar refractivity (Wildman–Crippen MR) is 148 cm³/mol. The average molecular weight is 543 g/mol. The molecule has 0 bridgehead atoms. The van der Waals surface area contributed by atoms with Gasteiger partial charge in [0, 0.05) is 24.0 Å². The fraction of sp³-hybridized carbons (Fsp3) is 0.188. The average Bonchev–Trinajstić information content (AvgIpc) is 2.94. The smallest absolute Gasteiger partial charge is 0.343 e. The van der Waals surface area contributed by atoms with Crippen molar-refractivity contribution in [3.8, 4) is 11.5 Å². The highest BCUT2D eigenvalue weighted by Gasteiger charge is 2.13. The van der Waals surface area contributed by atoms with Gasteiger partial charge in [-0.2, -0.15) is 0 Å². The van der Waals surface area contributed by atoms with E-state index >= 15 is 0 Å². The number of ether oxygens (including phenoxy) is 4. The largest absolute Gasteiger partial charge is 0.462 e. The van der Waals surface area contributed by atoms with Crippen LogP contribution < -0.4 is 9.47 Å². The molecule has 206 valence electrons. The molecule has 0 aliphatic carbocycles. The zero-order valence-corrected chi connectivity index (χ0v) is 22.4. The van der Waals surface area contributed by atoms with E-state index in [1.54, 1.807) is 62.4 Å². The van der Waals surface area contributed by atoms with E-state index in [4.69, 9.17) is 18.9 Å². The van der Waals surface area contributed by atoms with Gasteiger partial charge in [-0.25, -0.2) is 19.2 Å². The monoisotopic (exact) mass is 542 g/mol. The van der Waals surface area contributed by atoms with Crippen molar-refractivity contribution in [2.24, 2.45) is 0 Å². The van der Waals surface area contributed by atoms with Crippen LogP contribution in [-0.2, 0) is 31.9 Å². The van der Waals surface area contributed by atoms with Gasteiger partial charge in [-0.1, -0.05) is 37.4 Å². The molecule has 0 aliphatic heterocycles. The van der Waals surface area contributed by atoms with E-state index in [1.165, 1.54) is 24.3 Å². The first-order valence-corrected chi connectivity index (χ1v) is 12.5. The van der Waals surface area contributed by atoms with Crippen LogP contribution in [0.15, 0.2) is 97.1 Å². The number of hydrogen-bond acceptors (Lipinski definition) is 8. The lowest BCUT2D eigenvalue weighted by molar-refractivity contribution is -0.139. The minimum Gasteiger partial charge on any atom is -0.462 e. The van der Waals surface area contributed by atoms with Crippen molar-refractivity contribution in [1.82, 2.24) is 0 Å². The molecule has 3 rings (SSSR count). The summed E-state index contributed by atoms with van der Waals surface area (Å²) < 4.78 is 21.0. The number of esters is 4. The maximum atomic E-state index is 12.5.